The number of hydrogen-bond acceptors (Lipinski definition) is 1. The number of hydrogen-bond donors (Lipinski definition) is 1. The molecule has 1 aliphatic rings. The molecular weight excluding hydrogens is 541 g/mol. The summed E-state index contributed by atoms with van der Waals surface area (Å²) in [4.78, 5) is 0. The van der Waals surface area contributed by atoms with Crippen molar-refractivity contribution in [1.82, 2.24) is 5.32 Å². The summed E-state index contributed by atoms with van der Waals surface area (Å²) in [6.45, 7) is 22.8. The molecule has 1 aliphatic heterocycles. The molecule has 1 saturated heterocycles. The first-order chi connectivity index (χ1) is 19.6. The van der Waals surface area contributed by atoms with Crippen LogP contribution in [-0.4, -0.2) is 13.1 Å². The van der Waals surface area contributed by atoms with E-state index in [0.29, 0.717) is 10.0 Å². The first kappa shape index (κ1) is 34.4. The fraction of sp³-hybridized carbons (Fsp3) is 0.316. The molecule has 0 aliphatic carbocycles. The van der Waals surface area contributed by atoms with Crippen molar-refractivity contribution in [2.75, 3.05) is 13.1 Å². The quantitative estimate of drug-likeness (QED) is 0.271. The summed E-state index contributed by atoms with van der Waals surface area (Å²) in [7, 11) is 0. The van der Waals surface area contributed by atoms with E-state index in [2.05, 4.69) is 107 Å². The Hall–Kier alpha value is -2.84. The third-order valence-corrected chi connectivity index (χ3v) is 7.61. The van der Waals surface area contributed by atoms with E-state index >= 15 is 0 Å². The number of benzene rings is 3. The Morgan fingerprint density at radius 3 is 1.98 bits per heavy atom. The van der Waals surface area contributed by atoms with Gasteiger partial charge in [0.2, 0.25) is 0 Å². The van der Waals surface area contributed by atoms with Crippen LogP contribution in [0, 0.1) is 19.8 Å². The minimum Gasteiger partial charge on any atom is -0.309 e. The zero-order valence-electron chi connectivity index (χ0n) is 25.8. The molecule has 0 amide bonds. The smallest absolute Gasteiger partial charge is 0.0598 e. The zero-order chi connectivity index (χ0) is 30.4. The Balaban J connectivity index is 0.000000312. The van der Waals surface area contributed by atoms with Gasteiger partial charge in [0.1, 0.15) is 0 Å². The predicted molar refractivity (Wildman–Crippen MR) is 185 cm³/mol. The van der Waals surface area contributed by atoms with E-state index in [0.717, 1.165) is 49.4 Å². The molecule has 0 aromatic heterocycles. The van der Waals surface area contributed by atoms with Crippen LogP contribution in [0.1, 0.15) is 68.4 Å². The fourth-order valence-electron chi connectivity index (χ4n) is 4.53. The van der Waals surface area contributed by atoms with Crippen molar-refractivity contribution < 1.29 is 0 Å². The zero-order valence-corrected chi connectivity index (χ0v) is 27.3. The lowest BCUT2D eigenvalue weighted by Crippen LogP contribution is -2.27. The number of halogens is 2. The third-order valence-electron chi connectivity index (χ3n) is 6.87. The van der Waals surface area contributed by atoms with Gasteiger partial charge in [0, 0.05) is 13.1 Å². The van der Waals surface area contributed by atoms with E-state index in [1.54, 1.807) is 0 Å². The second-order valence-corrected chi connectivity index (χ2v) is 11.6. The van der Waals surface area contributed by atoms with Crippen molar-refractivity contribution in [3.8, 4) is 0 Å². The highest BCUT2D eigenvalue weighted by Crippen LogP contribution is 2.28. The molecule has 218 valence electrons. The average Bonchev–Trinajstić information content (AvgIpc) is 2.95. The normalized spacial score (nSPS) is 14.8. The van der Waals surface area contributed by atoms with Gasteiger partial charge in [0.25, 0.3) is 0 Å². The number of nitrogens with one attached hydrogen (secondary N) is 1. The van der Waals surface area contributed by atoms with Crippen LogP contribution in [0.5, 0.6) is 0 Å². The van der Waals surface area contributed by atoms with Gasteiger partial charge < -0.3 is 5.32 Å². The van der Waals surface area contributed by atoms with E-state index < -0.39 is 0 Å². The molecule has 0 radical (unpaired) electrons. The van der Waals surface area contributed by atoms with Crippen molar-refractivity contribution >= 4 is 35.4 Å². The van der Waals surface area contributed by atoms with Gasteiger partial charge in [0.15, 0.2) is 0 Å². The molecule has 3 aromatic rings. The molecule has 41 heavy (non-hydrogen) atoms. The average molecular weight is 589 g/mol. The second-order valence-electron chi connectivity index (χ2n) is 10.8. The summed E-state index contributed by atoms with van der Waals surface area (Å²) in [5, 5.41) is 4.59. The van der Waals surface area contributed by atoms with Gasteiger partial charge in [-0.1, -0.05) is 124 Å². The van der Waals surface area contributed by atoms with Gasteiger partial charge in [-0.25, -0.2) is 0 Å². The summed E-state index contributed by atoms with van der Waals surface area (Å²) in [6, 6.07) is 22.8. The Morgan fingerprint density at radius 2 is 1.41 bits per heavy atom. The summed E-state index contributed by atoms with van der Waals surface area (Å²) < 4.78 is 0. The van der Waals surface area contributed by atoms with Crippen LogP contribution < -0.4 is 5.32 Å². The van der Waals surface area contributed by atoms with Gasteiger partial charge >= 0.3 is 0 Å². The van der Waals surface area contributed by atoms with Crippen LogP contribution in [-0.2, 0) is 6.42 Å². The molecule has 1 heterocycles. The van der Waals surface area contributed by atoms with Gasteiger partial charge in [-0.2, -0.15) is 0 Å². The van der Waals surface area contributed by atoms with Crippen molar-refractivity contribution in [3.05, 3.63) is 140 Å². The molecule has 3 aromatic carbocycles. The highest BCUT2D eigenvalue weighted by molar-refractivity contribution is 6.42. The van der Waals surface area contributed by atoms with E-state index in [-0.39, 0.29) is 0 Å². The first-order valence-corrected chi connectivity index (χ1v) is 15.4. The highest BCUT2D eigenvalue weighted by atomic mass is 35.5. The minimum absolute atomic E-state index is 0.566. The summed E-state index contributed by atoms with van der Waals surface area (Å²) in [6.07, 6.45) is 7.75. The lowest BCUT2D eigenvalue weighted by atomic mass is 9.92. The van der Waals surface area contributed by atoms with E-state index in [1.165, 1.54) is 39.0 Å². The van der Waals surface area contributed by atoms with Crippen LogP contribution in [0.3, 0.4) is 0 Å². The van der Waals surface area contributed by atoms with E-state index in [1.807, 2.05) is 32.0 Å². The molecule has 1 N–H and O–H groups in total. The van der Waals surface area contributed by atoms with Crippen LogP contribution in [0.25, 0.3) is 12.2 Å². The van der Waals surface area contributed by atoms with Crippen LogP contribution in [0.15, 0.2) is 102 Å². The lowest BCUT2D eigenvalue weighted by Gasteiger charge is -2.22. The molecule has 1 nitrogen and oxygen atoms in total. The second kappa shape index (κ2) is 17.9. The van der Waals surface area contributed by atoms with Crippen LogP contribution in [0.4, 0.5) is 0 Å². The van der Waals surface area contributed by atoms with Gasteiger partial charge in [0.05, 0.1) is 10.0 Å². The molecule has 0 atom stereocenters. The Labute approximate surface area is 259 Å². The number of piperidine rings is 1. The Morgan fingerprint density at radius 1 is 0.829 bits per heavy atom. The summed E-state index contributed by atoms with van der Waals surface area (Å²) in [5.41, 5.74) is 11.1. The SMILES string of the molecule is C=C(CCc1ccccc1)CC(C)C.C=C1/C(=C/c2ccc(C)c(C)c2)CNC/C1=C\c1ccc(Cl)c(Cl)c1.CC. The predicted octanol–water partition coefficient (Wildman–Crippen LogP) is 11.5. The van der Waals surface area contributed by atoms with E-state index in [9.17, 15) is 0 Å². The van der Waals surface area contributed by atoms with Gasteiger partial charge in [-0.05, 0) is 108 Å². The van der Waals surface area contributed by atoms with Crippen molar-refractivity contribution in [2.45, 2.75) is 60.8 Å². The number of allylic oxidation sites excluding steroid dienone is 1. The monoisotopic (exact) mass is 587 g/mol. The van der Waals surface area contributed by atoms with Gasteiger partial charge in [-0.3, -0.25) is 0 Å². The van der Waals surface area contributed by atoms with E-state index in [4.69, 9.17) is 23.2 Å². The third kappa shape index (κ3) is 11.9. The maximum Gasteiger partial charge on any atom is 0.0598 e. The maximum absolute atomic E-state index is 6.12. The van der Waals surface area contributed by atoms with Crippen molar-refractivity contribution in [3.63, 3.8) is 0 Å². The lowest BCUT2D eigenvalue weighted by molar-refractivity contribution is 0.625. The molecule has 0 spiro atoms. The summed E-state index contributed by atoms with van der Waals surface area (Å²) in [5.74, 6) is 0.735. The van der Waals surface area contributed by atoms with Crippen LogP contribution >= 0.6 is 23.2 Å². The van der Waals surface area contributed by atoms with Crippen molar-refractivity contribution in [2.24, 2.45) is 5.92 Å². The summed E-state index contributed by atoms with van der Waals surface area (Å²) >= 11 is 12.1. The first-order valence-electron chi connectivity index (χ1n) is 14.7. The maximum atomic E-state index is 6.12. The molecule has 3 heteroatoms. The number of aryl methyl sites for hydroxylation is 3. The molecule has 0 unspecified atom stereocenters. The molecule has 1 fully saturated rings. The fourth-order valence-corrected chi connectivity index (χ4v) is 4.84. The molecule has 0 saturated carbocycles. The molecule has 4 rings (SSSR count). The number of rotatable bonds is 7. The Kier molecular flexibility index (Phi) is 15.0. The van der Waals surface area contributed by atoms with Crippen molar-refractivity contribution in [1.29, 1.82) is 0 Å². The standard InChI is InChI=1S/C22H21Cl2N.C14H20.C2H6/c1-14-4-5-17(8-15(14)2)9-19-12-25-13-20(16(19)3)10-18-6-7-21(23)22(24)11-18;1-12(2)11-13(3)9-10-14-7-5-4-6-8-14;1-2/h4-11,25H,3,12-13H2,1-2H3;4-8,12H,3,9-11H2,1-2H3;1-2H3/b19-9+,20-10+;;. The van der Waals surface area contributed by atoms with Crippen LogP contribution in [0.2, 0.25) is 10.0 Å². The largest absolute Gasteiger partial charge is 0.309 e. The topological polar surface area (TPSA) is 12.0 Å². The minimum atomic E-state index is 0.566. The van der Waals surface area contributed by atoms with Gasteiger partial charge in [-0.15, -0.1) is 0 Å². The molecular formula is C38H47Cl2N. The Bertz CT molecular complexity index is 1270. The molecule has 0 bridgehead atoms. The highest BCUT2D eigenvalue weighted by Gasteiger charge is 2.15.